The highest BCUT2D eigenvalue weighted by Crippen LogP contribution is 2.15. The number of halogens is 1. The van der Waals surface area contributed by atoms with Crippen LogP contribution in [-0.4, -0.2) is 52.6 Å². The van der Waals surface area contributed by atoms with Crippen LogP contribution in [0.15, 0.2) is 29.2 Å². The first-order valence-corrected chi connectivity index (χ1v) is 8.18. The fourth-order valence-electron chi connectivity index (χ4n) is 2.23. The van der Waals surface area contributed by atoms with E-state index in [2.05, 4.69) is 17.3 Å². The normalized spacial score (nSPS) is 18.5. The number of nitrogens with two attached hydrogens (primary N) is 1. The van der Waals surface area contributed by atoms with Gasteiger partial charge in [0, 0.05) is 19.1 Å². The first-order valence-electron chi connectivity index (χ1n) is 6.63. The van der Waals surface area contributed by atoms with E-state index in [-0.39, 0.29) is 17.3 Å². The predicted molar refractivity (Wildman–Crippen MR) is 84.5 cm³/mol. The van der Waals surface area contributed by atoms with Gasteiger partial charge >= 0.3 is 0 Å². The summed E-state index contributed by atoms with van der Waals surface area (Å²) in [5.41, 5.74) is 0. The maximum absolute atomic E-state index is 11.1. The van der Waals surface area contributed by atoms with Gasteiger partial charge in [-0.1, -0.05) is 0 Å². The largest absolute Gasteiger partial charge is 0.492 e. The maximum atomic E-state index is 11.1. The Bertz CT molecular complexity index is 530. The van der Waals surface area contributed by atoms with E-state index < -0.39 is 10.0 Å². The molecule has 21 heavy (non-hydrogen) atoms. The van der Waals surface area contributed by atoms with Crippen molar-refractivity contribution >= 4 is 22.4 Å². The molecule has 2 rings (SSSR count). The molecule has 0 bridgehead atoms. The lowest BCUT2D eigenvalue weighted by Crippen LogP contribution is -2.36. The second-order valence-corrected chi connectivity index (χ2v) is 6.55. The third-order valence-corrected chi connectivity index (χ3v) is 4.45. The second kappa shape index (κ2) is 7.95. The zero-order valence-electron chi connectivity index (χ0n) is 12.0. The molecule has 0 saturated carbocycles. The minimum Gasteiger partial charge on any atom is -0.492 e. The number of ether oxygens (including phenoxy) is 1. The van der Waals surface area contributed by atoms with Gasteiger partial charge in [0.1, 0.15) is 12.4 Å². The fraction of sp³-hybridized carbons (Fsp3) is 0.538. The lowest BCUT2D eigenvalue weighted by atomic mass is 10.2. The Morgan fingerprint density at radius 1 is 1.38 bits per heavy atom. The molecule has 6 nitrogen and oxygen atoms in total. The van der Waals surface area contributed by atoms with Gasteiger partial charge in [0.15, 0.2) is 0 Å². The molecule has 3 N–H and O–H groups in total. The molecule has 1 unspecified atom stereocenters. The topological polar surface area (TPSA) is 84.7 Å². The number of sulfonamides is 1. The second-order valence-electron chi connectivity index (χ2n) is 4.99. The molecule has 1 saturated heterocycles. The minimum absolute atomic E-state index is 0. The summed E-state index contributed by atoms with van der Waals surface area (Å²) in [4.78, 5) is 2.37. The van der Waals surface area contributed by atoms with Crippen LogP contribution in [0.1, 0.15) is 6.42 Å². The molecule has 0 spiro atoms. The van der Waals surface area contributed by atoms with Crippen molar-refractivity contribution in [2.75, 3.05) is 33.3 Å². The van der Waals surface area contributed by atoms with Crippen molar-refractivity contribution in [1.29, 1.82) is 0 Å². The Balaban J connectivity index is 0.00000220. The lowest BCUT2D eigenvalue weighted by molar-refractivity contribution is 0.199. The van der Waals surface area contributed by atoms with E-state index in [1.165, 1.54) is 18.6 Å². The zero-order chi connectivity index (χ0) is 14.6. The molecule has 1 aliphatic heterocycles. The molecule has 0 aliphatic carbocycles. The van der Waals surface area contributed by atoms with Gasteiger partial charge < -0.3 is 10.1 Å². The van der Waals surface area contributed by atoms with Crippen molar-refractivity contribution in [2.24, 2.45) is 5.14 Å². The third-order valence-electron chi connectivity index (χ3n) is 3.52. The molecule has 1 heterocycles. The molecule has 1 fully saturated rings. The standard InChI is InChI=1S/C13H21N3O3S.ClH/c1-16(11-6-7-15-10-11)8-9-19-12-2-4-13(5-3-12)20(14,17)18;/h2-5,11,15H,6-10H2,1H3,(H2,14,17,18);1H. The first-order chi connectivity index (χ1) is 9.47. The van der Waals surface area contributed by atoms with Crippen molar-refractivity contribution in [3.8, 4) is 5.75 Å². The summed E-state index contributed by atoms with van der Waals surface area (Å²) in [5, 5.41) is 8.37. The Labute approximate surface area is 132 Å². The van der Waals surface area contributed by atoms with E-state index >= 15 is 0 Å². The quantitative estimate of drug-likeness (QED) is 0.787. The Morgan fingerprint density at radius 3 is 2.57 bits per heavy atom. The van der Waals surface area contributed by atoms with Gasteiger partial charge in [-0.15, -0.1) is 12.4 Å². The van der Waals surface area contributed by atoms with Crippen LogP contribution in [-0.2, 0) is 10.0 Å². The van der Waals surface area contributed by atoms with Crippen LogP contribution in [0, 0.1) is 0 Å². The molecule has 1 atom stereocenters. The number of nitrogens with zero attached hydrogens (tertiary/aromatic N) is 1. The number of likely N-dealkylation sites (N-methyl/N-ethyl adjacent to an activating group) is 1. The van der Waals surface area contributed by atoms with Crippen LogP contribution in [0.5, 0.6) is 5.75 Å². The molecular weight excluding hydrogens is 314 g/mol. The molecule has 0 amide bonds. The molecule has 0 aromatic heterocycles. The van der Waals surface area contributed by atoms with E-state index in [9.17, 15) is 8.42 Å². The molecular formula is C13H22ClN3O3S. The third kappa shape index (κ3) is 5.44. The van der Waals surface area contributed by atoms with Crippen LogP contribution in [0.25, 0.3) is 0 Å². The summed E-state index contributed by atoms with van der Waals surface area (Å²) < 4.78 is 27.8. The van der Waals surface area contributed by atoms with Crippen molar-refractivity contribution in [2.45, 2.75) is 17.4 Å². The van der Waals surface area contributed by atoms with Crippen LogP contribution in [0.2, 0.25) is 0 Å². The lowest BCUT2D eigenvalue weighted by Gasteiger charge is -2.23. The van der Waals surface area contributed by atoms with Crippen LogP contribution in [0.4, 0.5) is 0 Å². The summed E-state index contributed by atoms with van der Waals surface area (Å²) in [6, 6.07) is 6.72. The summed E-state index contributed by atoms with van der Waals surface area (Å²) in [6.45, 7) is 3.51. The first kappa shape index (κ1) is 18.2. The van der Waals surface area contributed by atoms with Crippen molar-refractivity contribution < 1.29 is 13.2 Å². The Kier molecular flexibility index (Phi) is 6.89. The Morgan fingerprint density at radius 2 is 2.05 bits per heavy atom. The number of nitrogens with one attached hydrogen (secondary N) is 1. The number of primary sulfonamides is 1. The van der Waals surface area contributed by atoms with E-state index in [1.807, 2.05) is 0 Å². The smallest absolute Gasteiger partial charge is 0.238 e. The minimum atomic E-state index is -3.64. The predicted octanol–water partition coefficient (Wildman–Crippen LogP) is 0.428. The van der Waals surface area contributed by atoms with E-state index in [1.54, 1.807) is 12.1 Å². The molecule has 1 aliphatic rings. The molecule has 1 aromatic rings. The summed E-state index contributed by atoms with van der Waals surface area (Å²) in [5.74, 6) is 0.648. The highest BCUT2D eigenvalue weighted by molar-refractivity contribution is 7.89. The number of rotatable bonds is 6. The van der Waals surface area contributed by atoms with Gasteiger partial charge in [0.2, 0.25) is 10.0 Å². The van der Waals surface area contributed by atoms with Crippen LogP contribution < -0.4 is 15.2 Å². The van der Waals surface area contributed by atoms with E-state index in [0.717, 1.165) is 19.6 Å². The van der Waals surface area contributed by atoms with E-state index in [0.29, 0.717) is 18.4 Å². The summed E-state index contributed by atoms with van der Waals surface area (Å²) in [7, 11) is -1.55. The summed E-state index contributed by atoms with van der Waals surface area (Å²) >= 11 is 0. The SMILES string of the molecule is CN(CCOc1ccc(S(N)(=O)=O)cc1)C1CCNC1.Cl. The molecule has 1 aromatic carbocycles. The summed E-state index contributed by atoms with van der Waals surface area (Å²) in [6.07, 6.45) is 1.17. The average Bonchev–Trinajstić information content (AvgIpc) is 2.92. The van der Waals surface area contributed by atoms with Crippen molar-refractivity contribution in [3.05, 3.63) is 24.3 Å². The van der Waals surface area contributed by atoms with Crippen LogP contribution in [0.3, 0.4) is 0 Å². The number of hydrogen-bond donors (Lipinski definition) is 2. The van der Waals surface area contributed by atoms with Crippen molar-refractivity contribution in [1.82, 2.24) is 10.2 Å². The van der Waals surface area contributed by atoms with Gasteiger partial charge in [0.25, 0.3) is 0 Å². The van der Waals surface area contributed by atoms with Crippen molar-refractivity contribution in [3.63, 3.8) is 0 Å². The van der Waals surface area contributed by atoms with Gasteiger partial charge in [-0.05, 0) is 44.3 Å². The molecule has 0 radical (unpaired) electrons. The number of hydrogen-bond acceptors (Lipinski definition) is 5. The van der Waals surface area contributed by atoms with Gasteiger partial charge in [-0.25, -0.2) is 13.6 Å². The zero-order valence-corrected chi connectivity index (χ0v) is 13.6. The monoisotopic (exact) mass is 335 g/mol. The van der Waals surface area contributed by atoms with Gasteiger partial charge in [0.05, 0.1) is 4.90 Å². The highest BCUT2D eigenvalue weighted by Gasteiger charge is 2.18. The highest BCUT2D eigenvalue weighted by atomic mass is 35.5. The van der Waals surface area contributed by atoms with Gasteiger partial charge in [-0.3, -0.25) is 4.90 Å². The molecule has 8 heteroatoms. The molecule has 120 valence electrons. The van der Waals surface area contributed by atoms with Crippen LogP contribution >= 0.6 is 12.4 Å². The maximum Gasteiger partial charge on any atom is 0.238 e. The fourth-order valence-corrected chi connectivity index (χ4v) is 2.75. The van der Waals surface area contributed by atoms with E-state index in [4.69, 9.17) is 9.88 Å². The number of benzene rings is 1. The Hall–Kier alpha value is -0.860. The average molecular weight is 336 g/mol. The van der Waals surface area contributed by atoms with Gasteiger partial charge in [-0.2, -0.15) is 0 Å².